The molecule has 0 amide bonds. The fraction of sp³-hybridized carbons (Fsp3) is 1.00. The summed E-state index contributed by atoms with van der Waals surface area (Å²) in [5.41, 5.74) is 0.395. The van der Waals surface area contributed by atoms with Gasteiger partial charge in [-0.15, -0.1) is 0 Å². The largest absolute Gasteiger partial charge is 0.313 e. The molecule has 17 heavy (non-hydrogen) atoms. The SMILES string of the molecule is CC(C)CC(CC(C)C)NCC(C)(C)C(C)C. The van der Waals surface area contributed by atoms with E-state index in [9.17, 15) is 0 Å². The van der Waals surface area contributed by atoms with Crippen LogP contribution in [0.25, 0.3) is 0 Å². The molecule has 0 spiro atoms. The molecule has 0 atom stereocenters. The number of hydrogen-bond donors (Lipinski definition) is 1. The molecule has 0 fully saturated rings. The fourth-order valence-corrected chi connectivity index (χ4v) is 2.01. The summed E-state index contributed by atoms with van der Waals surface area (Å²) in [4.78, 5) is 0. The summed E-state index contributed by atoms with van der Waals surface area (Å²) in [6.45, 7) is 19.8. The molecule has 0 saturated carbocycles. The minimum Gasteiger partial charge on any atom is -0.313 e. The molecule has 0 unspecified atom stereocenters. The third kappa shape index (κ3) is 7.81. The first-order chi connectivity index (χ1) is 7.65. The van der Waals surface area contributed by atoms with E-state index < -0.39 is 0 Å². The van der Waals surface area contributed by atoms with Crippen LogP contribution in [-0.2, 0) is 0 Å². The molecule has 0 aromatic heterocycles. The Hall–Kier alpha value is -0.0400. The Morgan fingerprint density at radius 3 is 1.53 bits per heavy atom. The molecule has 0 aliphatic rings. The van der Waals surface area contributed by atoms with Crippen LogP contribution in [0.2, 0.25) is 0 Å². The Balaban J connectivity index is 4.24. The second-order valence-electron chi connectivity index (χ2n) is 7.48. The molecule has 0 bridgehead atoms. The van der Waals surface area contributed by atoms with Gasteiger partial charge in [0.15, 0.2) is 0 Å². The molecule has 0 aromatic rings. The maximum absolute atomic E-state index is 3.80. The van der Waals surface area contributed by atoms with Crippen LogP contribution in [0.3, 0.4) is 0 Å². The zero-order valence-electron chi connectivity index (χ0n) is 13.4. The van der Waals surface area contributed by atoms with Gasteiger partial charge < -0.3 is 5.32 Å². The second kappa shape index (κ2) is 7.41. The van der Waals surface area contributed by atoms with Crippen LogP contribution in [0.15, 0.2) is 0 Å². The molecule has 0 aliphatic carbocycles. The molecule has 0 heterocycles. The Morgan fingerprint density at radius 1 is 0.824 bits per heavy atom. The standard InChI is InChI=1S/C16H35N/c1-12(2)9-15(10-13(3)4)17-11-16(7,8)14(5)6/h12-15,17H,9-11H2,1-8H3. The van der Waals surface area contributed by atoms with Crippen molar-refractivity contribution < 1.29 is 0 Å². The van der Waals surface area contributed by atoms with Crippen molar-refractivity contribution in [3.63, 3.8) is 0 Å². The highest BCUT2D eigenvalue weighted by molar-refractivity contribution is 4.79. The smallest absolute Gasteiger partial charge is 0.00721 e. The van der Waals surface area contributed by atoms with Gasteiger partial charge in [-0.3, -0.25) is 0 Å². The number of nitrogens with one attached hydrogen (secondary N) is 1. The molecule has 1 heteroatoms. The van der Waals surface area contributed by atoms with Crippen molar-refractivity contribution in [3.05, 3.63) is 0 Å². The quantitative estimate of drug-likeness (QED) is 0.648. The first kappa shape index (κ1) is 17.0. The molecule has 0 saturated heterocycles. The summed E-state index contributed by atoms with van der Waals surface area (Å²) >= 11 is 0. The first-order valence-corrected chi connectivity index (χ1v) is 7.38. The highest BCUT2D eigenvalue weighted by atomic mass is 14.9. The van der Waals surface area contributed by atoms with Crippen molar-refractivity contribution in [2.75, 3.05) is 6.54 Å². The normalized spacial score (nSPS) is 13.4. The van der Waals surface area contributed by atoms with E-state index in [0.717, 1.165) is 24.3 Å². The lowest BCUT2D eigenvalue weighted by molar-refractivity contribution is 0.215. The van der Waals surface area contributed by atoms with Crippen molar-refractivity contribution in [2.24, 2.45) is 23.2 Å². The van der Waals surface area contributed by atoms with Gasteiger partial charge >= 0.3 is 0 Å². The van der Waals surface area contributed by atoms with E-state index in [1.165, 1.54) is 12.8 Å². The molecule has 0 aliphatic heterocycles. The van der Waals surface area contributed by atoms with Crippen LogP contribution in [-0.4, -0.2) is 12.6 Å². The van der Waals surface area contributed by atoms with E-state index in [2.05, 4.69) is 60.7 Å². The van der Waals surface area contributed by atoms with Crippen molar-refractivity contribution >= 4 is 0 Å². The van der Waals surface area contributed by atoms with E-state index in [0.29, 0.717) is 11.5 Å². The van der Waals surface area contributed by atoms with Crippen LogP contribution in [0.4, 0.5) is 0 Å². The van der Waals surface area contributed by atoms with Gasteiger partial charge in [0, 0.05) is 12.6 Å². The van der Waals surface area contributed by atoms with Crippen molar-refractivity contribution in [3.8, 4) is 0 Å². The predicted molar refractivity (Wildman–Crippen MR) is 79.3 cm³/mol. The molecule has 0 radical (unpaired) electrons. The number of hydrogen-bond acceptors (Lipinski definition) is 1. The summed E-state index contributed by atoms with van der Waals surface area (Å²) in [6.07, 6.45) is 2.60. The van der Waals surface area contributed by atoms with Crippen molar-refractivity contribution in [1.82, 2.24) is 5.32 Å². The van der Waals surface area contributed by atoms with Gasteiger partial charge in [0.05, 0.1) is 0 Å². The molecule has 0 rings (SSSR count). The van der Waals surface area contributed by atoms with Crippen LogP contribution < -0.4 is 5.32 Å². The van der Waals surface area contributed by atoms with E-state index in [4.69, 9.17) is 0 Å². The van der Waals surface area contributed by atoms with Gasteiger partial charge in [-0.25, -0.2) is 0 Å². The van der Waals surface area contributed by atoms with Gasteiger partial charge in [-0.1, -0.05) is 55.4 Å². The lowest BCUT2D eigenvalue weighted by Gasteiger charge is -2.33. The molecular weight excluding hydrogens is 206 g/mol. The van der Waals surface area contributed by atoms with E-state index in [-0.39, 0.29) is 0 Å². The minimum atomic E-state index is 0.395. The fourth-order valence-electron chi connectivity index (χ4n) is 2.01. The third-order valence-electron chi connectivity index (χ3n) is 3.92. The van der Waals surface area contributed by atoms with Gasteiger partial charge in [0.1, 0.15) is 0 Å². The molecule has 1 N–H and O–H groups in total. The first-order valence-electron chi connectivity index (χ1n) is 7.38. The van der Waals surface area contributed by atoms with Gasteiger partial charge in [0.2, 0.25) is 0 Å². The van der Waals surface area contributed by atoms with E-state index >= 15 is 0 Å². The third-order valence-corrected chi connectivity index (χ3v) is 3.92. The van der Waals surface area contributed by atoms with Crippen molar-refractivity contribution in [1.29, 1.82) is 0 Å². The molecule has 104 valence electrons. The Morgan fingerprint density at radius 2 is 1.24 bits per heavy atom. The van der Waals surface area contributed by atoms with Crippen LogP contribution in [0.1, 0.15) is 68.2 Å². The monoisotopic (exact) mass is 241 g/mol. The Kier molecular flexibility index (Phi) is 7.39. The Labute approximate surface area is 110 Å². The van der Waals surface area contributed by atoms with Crippen LogP contribution in [0, 0.1) is 23.2 Å². The summed E-state index contributed by atoms with van der Waals surface area (Å²) < 4.78 is 0. The molecule has 1 nitrogen and oxygen atoms in total. The average Bonchev–Trinajstić information content (AvgIpc) is 2.12. The lowest BCUT2D eigenvalue weighted by Crippen LogP contribution is -2.40. The zero-order valence-corrected chi connectivity index (χ0v) is 13.4. The molecule has 0 aromatic carbocycles. The maximum Gasteiger partial charge on any atom is 0.00721 e. The topological polar surface area (TPSA) is 12.0 Å². The van der Waals surface area contributed by atoms with Gasteiger partial charge in [-0.05, 0) is 36.0 Å². The summed E-state index contributed by atoms with van der Waals surface area (Å²) in [5, 5.41) is 3.80. The summed E-state index contributed by atoms with van der Waals surface area (Å²) in [7, 11) is 0. The highest BCUT2D eigenvalue weighted by Gasteiger charge is 2.23. The summed E-state index contributed by atoms with van der Waals surface area (Å²) in [6, 6.07) is 0.688. The minimum absolute atomic E-state index is 0.395. The van der Waals surface area contributed by atoms with Gasteiger partial charge in [-0.2, -0.15) is 0 Å². The predicted octanol–water partition coefficient (Wildman–Crippen LogP) is 4.72. The van der Waals surface area contributed by atoms with Gasteiger partial charge in [0.25, 0.3) is 0 Å². The van der Waals surface area contributed by atoms with Crippen LogP contribution in [0.5, 0.6) is 0 Å². The molecular formula is C16H35N. The highest BCUT2D eigenvalue weighted by Crippen LogP contribution is 2.25. The van der Waals surface area contributed by atoms with Crippen LogP contribution >= 0.6 is 0 Å². The lowest BCUT2D eigenvalue weighted by atomic mass is 9.80. The Bertz CT molecular complexity index is 182. The van der Waals surface area contributed by atoms with Crippen molar-refractivity contribution in [2.45, 2.75) is 74.3 Å². The number of rotatable bonds is 8. The van der Waals surface area contributed by atoms with E-state index in [1.54, 1.807) is 0 Å². The second-order valence-corrected chi connectivity index (χ2v) is 7.48. The average molecular weight is 241 g/mol. The van der Waals surface area contributed by atoms with E-state index in [1.807, 2.05) is 0 Å². The summed E-state index contributed by atoms with van der Waals surface area (Å²) in [5.74, 6) is 2.30. The maximum atomic E-state index is 3.80. The zero-order chi connectivity index (χ0) is 13.6.